The van der Waals surface area contributed by atoms with Crippen molar-refractivity contribution in [2.45, 2.75) is 11.8 Å². The first-order valence-electron chi connectivity index (χ1n) is 5.97. The van der Waals surface area contributed by atoms with Crippen LogP contribution in [0.2, 0.25) is 5.02 Å². The summed E-state index contributed by atoms with van der Waals surface area (Å²) in [6.07, 6.45) is 0. The number of ether oxygens (including phenoxy) is 1. The van der Waals surface area contributed by atoms with Crippen molar-refractivity contribution in [3.8, 4) is 0 Å². The van der Waals surface area contributed by atoms with Gasteiger partial charge in [0.25, 0.3) is 0 Å². The third-order valence-corrected chi connectivity index (χ3v) is 3.96. The van der Waals surface area contributed by atoms with Crippen molar-refractivity contribution in [3.63, 3.8) is 0 Å². The Hall–Kier alpha value is -2.26. The van der Waals surface area contributed by atoms with E-state index in [1.807, 2.05) is 5.43 Å². The minimum Gasteiger partial charge on any atom is -0.461 e. The molecule has 22 heavy (non-hydrogen) atoms. The van der Waals surface area contributed by atoms with Gasteiger partial charge in [0.15, 0.2) is 5.70 Å². The zero-order valence-electron chi connectivity index (χ0n) is 11.5. The highest BCUT2D eigenvalue weighted by molar-refractivity contribution is 7.94. The molecule has 0 spiro atoms. The third-order valence-electron chi connectivity index (χ3n) is 2.23. The average molecular weight is 348 g/mol. The molecule has 1 aromatic rings. The summed E-state index contributed by atoms with van der Waals surface area (Å²) in [5.41, 5.74) is 8.36. The maximum atomic E-state index is 12.2. The lowest BCUT2D eigenvalue weighted by Crippen LogP contribution is -2.42. The first kappa shape index (κ1) is 17.8. The van der Waals surface area contributed by atoms with E-state index in [-0.39, 0.29) is 11.5 Å². The highest BCUT2D eigenvalue weighted by Crippen LogP contribution is 2.17. The fraction of sp³-hybridized carbons (Fsp3) is 0.167. The molecule has 0 aromatic heterocycles. The molecule has 0 fully saturated rings. The molecule has 0 radical (unpaired) electrons. The molecule has 8 nitrogen and oxygen atoms in total. The van der Waals surface area contributed by atoms with Crippen LogP contribution in [0, 0.1) is 0 Å². The number of esters is 1. The third kappa shape index (κ3) is 5.26. The van der Waals surface area contributed by atoms with Gasteiger partial charge >= 0.3 is 12.0 Å². The number of carbonyl (C=O) groups is 2. The molecule has 0 aliphatic rings. The summed E-state index contributed by atoms with van der Waals surface area (Å²) in [6, 6.07) is 4.33. The monoisotopic (exact) mass is 347 g/mol. The Morgan fingerprint density at radius 1 is 1.27 bits per heavy atom. The van der Waals surface area contributed by atoms with Crippen LogP contribution in [0.3, 0.4) is 0 Å². The molecule has 0 heterocycles. The SMILES string of the molecule is CCOC(=O)C(=CS(=O)(=O)c1ccc(Cl)cc1)NNC(N)=O. The second-order valence-corrected chi connectivity index (χ2v) is 6.10. The summed E-state index contributed by atoms with van der Waals surface area (Å²) in [5.74, 6) is -0.964. The summed E-state index contributed by atoms with van der Waals surface area (Å²) >= 11 is 5.69. The summed E-state index contributed by atoms with van der Waals surface area (Å²) in [7, 11) is -3.96. The number of carbonyl (C=O) groups excluding carboxylic acids is 2. The number of rotatable bonds is 6. The Morgan fingerprint density at radius 3 is 2.36 bits per heavy atom. The van der Waals surface area contributed by atoms with Crippen molar-refractivity contribution in [3.05, 3.63) is 40.4 Å². The Balaban J connectivity index is 3.14. The van der Waals surface area contributed by atoms with Gasteiger partial charge in [-0.1, -0.05) is 11.6 Å². The largest absolute Gasteiger partial charge is 0.461 e. The van der Waals surface area contributed by atoms with Gasteiger partial charge in [0, 0.05) is 5.02 Å². The first-order valence-corrected chi connectivity index (χ1v) is 7.89. The number of hydrazine groups is 1. The quantitative estimate of drug-likeness (QED) is 0.394. The maximum Gasteiger partial charge on any atom is 0.356 e. The second kappa shape index (κ2) is 7.66. The summed E-state index contributed by atoms with van der Waals surface area (Å²) in [5, 5.41) is 0.992. The van der Waals surface area contributed by atoms with Gasteiger partial charge in [-0.25, -0.2) is 18.0 Å². The minimum absolute atomic E-state index is 0.0232. The van der Waals surface area contributed by atoms with E-state index in [2.05, 4.69) is 10.2 Å². The number of primary amides is 1. The van der Waals surface area contributed by atoms with Crippen molar-refractivity contribution in [2.75, 3.05) is 6.61 Å². The van der Waals surface area contributed by atoms with Crippen LogP contribution in [0.5, 0.6) is 0 Å². The van der Waals surface area contributed by atoms with Crippen LogP contribution in [0.1, 0.15) is 6.92 Å². The van der Waals surface area contributed by atoms with E-state index in [0.717, 1.165) is 0 Å². The number of benzene rings is 1. The molecule has 0 unspecified atom stereocenters. The molecule has 10 heteroatoms. The number of nitrogens with two attached hydrogens (primary N) is 1. The van der Waals surface area contributed by atoms with Gasteiger partial charge in [0.05, 0.1) is 16.9 Å². The topological polar surface area (TPSA) is 128 Å². The molecular weight excluding hydrogens is 334 g/mol. The maximum absolute atomic E-state index is 12.2. The summed E-state index contributed by atoms with van der Waals surface area (Å²) < 4.78 is 29.1. The number of urea groups is 1. The highest BCUT2D eigenvalue weighted by Gasteiger charge is 2.18. The van der Waals surface area contributed by atoms with E-state index < -0.39 is 27.5 Å². The number of amides is 2. The van der Waals surface area contributed by atoms with Crippen LogP contribution in [-0.4, -0.2) is 27.0 Å². The Morgan fingerprint density at radius 2 is 1.86 bits per heavy atom. The molecule has 0 aliphatic carbocycles. The van der Waals surface area contributed by atoms with Crippen LogP contribution in [0.4, 0.5) is 4.79 Å². The fourth-order valence-electron chi connectivity index (χ4n) is 1.31. The van der Waals surface area contributed by atoms with Crippen LogP contribution < -0.4 is 16.6 Å². The molecule has 120 valence electrons. The number of halogens is 1. The van der Waals surface area contributed by atoms with Crippen molar-refractivity contribution in [1.82, 2.24) is 10.9 Å². The van der Waals surface area contributed by atoms with Gasteiger partial charge in [-0.2, -0.15) is 0 Å². The molecule has 0 aliphatic heterocycles. The predicted molar refractivity (Wildman–Crippen MR) is 79.2 cm³/mol. The van der Waals surface area contributed by atoms with Crippen LogP contribution >= 0.6 is 11.6 Å². The molecule has 0 saturated carbocycles. The molecule has 1 rings (SSSR count). The van der Waals surface area contributed by atoms with E-state index >= 15 is 0 Å². The smallest absolute Gasteiger partial charge is 0.356 e. The normalized spacial score (nSPS) is 11.6. The minimum atomic E-state index is -3.96. The van der Waals surface area contributed by atoms with E-state index in [1.165, 1.54) is 24.3 Å². The Labute approximate surface area is 132 Å². The molecule has 0 atom stereocenters. The highest BCUT2D eigenvalue weighted by atomic mass is 35.5. The van der Waals surface area contributed by atoms with Crippen molar-refractivity contribution in [2.24, 2.45) is 5.73 Å². The average Bonchev–Trinajstić information content (AvgIpc) is 2.44. The van der Waals surface area contributed by atoms with Crippen molar-refractivity contribution < 1.29 is 22.7 Å². The number of nitrogens with one attached hydrogen (secondary N) is 2. The van der Waals surface area contributed by atoms with Crippen LogP contribution in [-0.2, 0) is 19.4 Å². The number of hydrogen-bond donors (Lipinski definition) is 3. The van der Waals surface area contributed by atoms with Gasteiger partial charge in [-0.05, 0) is 31.2 Å². The van der Waals surface area contributed by atoms with E-state index in [0.29, 0.717) is 10.4 Å². The van der Waals surface area contributed by atoms with Gasteiger partial charge in [-0.3, -0.25) is 10.9 Å². The van der Waals surface area contributed by atoms with Gasteiger partial charge < -0.3 is 10.5 Å². The number of hydrogen-bond acceptors (Lipinski definition) is 6. The van der Waals surface area contributed by atoms with Crippen molar-refractivity contribution in [1.29, 1.82) is 0 Å². The molecule has 2 amide bonds. The van der Waals surface area contributed by atoms with E-state index in [4.69, 9.17) is 17.3 Å². The lowest BCUT2D eigenvalue weighted by atomic mass is 10.4. The molecule has 0 bridgehead atoms. The Bertz CT molecular complexity index is 685. The fourth-order valence-corrected chi connectivity index (χ4v) is 2.56. The summed E-state index contributed by atoms with van der Waals surface area (Å²) in [6.45, 7) is 1.57. The lowest BCUT2D eigenvalue weighted by molar-refractivity contribution is -0.139. The first-order chi connectivity index (χ1) is 10.3. The second-order valence-electron chi connectivity index (χ2n) is 3.87. The van der Waals surface area contributed by atoms with Gasteiger partial charge in [0.1, 0.15) is 0 Å². The van der Waals surface area contributed by atoms with Gasteiger partial charge in [0.2, 0.25) is 9.84 Å². The molecule has 1 aromatic carbocycles. The lowest BCUT2D eigenvalue weighted by Gasteiger charge is -2.10. The zero-order chi connectivity index (χ0) is 16.8. The van der Waals surface area contributed by atoms with Gasteiger partial charge in [-0.15, -0.1) is 0 Å². The molecule has 0 saturated heterocycles. The van der Waals surface area contributed by atoms with Crippen LogP contribution in [0.25, 0.3) is 0 Å². The van der Waals surface area contributed by atoms with E-state index in [9.17, 15) is 18.0 Å². The standard InChI is InChI=1S/C12H14ClN3O5S/c1-2-21-11(17)10(15-16-12(14)18)7-22(19,20)9-5-3-8(13)4-6-9/h3-7,15H,2H2,1H3,(H3,14,16,18). The summed E-state index contributed by atoms with van der Waals surface area (Å²) in [4.78, 5) is 22.3. The Kier molecular flexibility index (Phi) is 6.20. The molecular formula is C12H14ClN3O5S. The molecule has 4 N–H and O–H groups in total. The van der Waals surface area contributed by atoms with Crippen molar-refractivity contribution >= 4 is 33.4 Å². The predicted octanol–water partition coefficient (Wildman–Crippen LogP) is 0.691. The van der Waals surface area contributed by atoms with E-state index in [1.54, 1.807) is 6.92 Å². The zero-order valence-corrected chi connectivity index (χ0v) is 13.1. The van der Waals surface area contributed by atoms with Crippen LogP contribution in [0.15, 0.2) is 40.3 Å². The number of sulfone groups is 1.